The topological polar surface area (TPSA) is 84.5 Å². The van der Waals surface area contributed by atoms with Crippen molar-refractivity contribution in [3.05, 3.63) is 60.7 Å². The minimum Gasteiger partial charge on any atom is -0.444 e. The van der Waals surface area contributed by atoms with Gasteiger partial charge in [-0.05, 0) is 43.5 Å². The molecule has 0 aliphatic heterocycles. The van der Waals surface area contributed by atoms with Gasteiger partial charge in [-0.15, -0.1) is 6.58 Å². The number of hydrogen-bond donors (Lipinski definition) is 2. The molecular weight excluding hydrogens is 380 g/mol. The summed E-state index contributed by atoms with van der Waals surface area (Å²) in [6.07, 6.45) is 2.13. The van der Waals surface area contributed by atoms with Crippen LogP contribution >= 0.6 is 0 Å². The normalized spacial score (nSPS) is 12.1. The fraction of sp³-hybridized carbons (Fsp3) is 0.375. The highest BCUT2D eigenvalue weighted by Crippen LogP contribution is 2.20. The number of ether oxygens (including phenoxy) is 1. The maximum Gasteiger partial charge on any atom is 0.408 e. The van der Waals surface area contributed by atoms with E-state index in [-0.39, 0.29) is 18.7 Å². The van der Waals surface area contributed by atoms with Gasteiger partial charge in [-0.2, -0.15) is 0 Å². The summed E-state index contributed by atoms with van der Waals surface area (Å²) in [5.74, 6) is -0.523. The number of rotatable bonds is 9. The Labute approximate surface area is 177 Å². The Morgan fingerprint density at radius 3 is 2.50 bits per heavy atom. The Morgan fingerprint density at radius 2 is 1.80 bits per heavy atom. The van der Waals surface area contributed by atoms with Crippen LogP contribution in [0.1, 0.15) is 39.2 Å². The van der Waals surface area contributed by atoms with Crippen molar-refractivity contribution in [2.24, 2.45) is 0 Å². The predicted octanol–water partition coefficient (Wildman–Crippen LogP) is 3.93. The molecule has 2 aromatic rings. The Balaban J connectivity index is 2.17. The molecule has 0 spiro atoms. The van der Waals surface area contributed by atoms with Gasteiger partial charge < -0.3 is 15.4 Å². The molecule has 2 N–H and O–H groups in total. The average molecular weight is 411 g/mol. The number of Topliss-reactive ketones (excluding diaryl/α,β-unsaturated/α-hetero) is 1. The molecule has 2 amide bonds. The maximum absolute atomic E-state index is 12.8. The van der Waals surface area contributed by atoms with Crippen LogP contribution in [0.5, 0.6) is 0 Å². The van der Waals surface area contributed by atoms with Crippen molar-refractivity contribution in [3.63, 3.8) is 0 Å². The third-order valence-electron chi connectivity index (χ3n) is 4.40. The van der Waals surface area contributed by atoms with Crippen molar-refractivity contribution >= 4 is 28.6 Å². The van der Waals surface area contributed by atoms with E-state index in [0.717, 1.165) is 16.3 Å². The van der Waals surface area contributed by atoms with E-state index in [1.54, 1.807) is 26.8 Å². The molecule has 2 aromatic carbocycles. The summed E-state index contributed by atoms with van der Waals surface area (Å²) in [7, 11) is 0. The molecular formula is C24H30N2O4. The molecule has 30 heavy (non-hydrogen) atoms. The number of carbonyl (C=O) groups is 3. The van der Waals surface area contributed by atoms with Crippen molar-refractivity contribution in [2.75, 3.05) is 6.54 Å². The Hall–Kier alpha value is -3.15. The summed E-state index contributed by atoms with van der Waals surface area (Å²) in [5.41, 5.74) is 0.230. The highest BCUT2D eigenvalue weighted by molar-refractivity contribution is 5.91. The predicted molar refractivity (Wildman–Crippen MR) is 118 cm³/mol. The standard InChI is InChI=1S/C24H30N2O4/c1-5-6-13-19(27)16-25-22(28)21(26-23(29)30-24(2,3)4)15-18-12-9-11-17-10-7-8-14-20(17)18/h5,7-12,14,21H,1,6,13,15-16H2,2-4H3,(H,25,28)(H,26,29)/t21-/m0/s1. The number of nitrogens with one attached hydrogen (secondary N) is 2. The molecule has 6 nitrogen and oxygen atoms in total. The number of hydrogen-bond acceptors (Lipinski definition) is 4. The summed E-state index contributed by atoms with van der Waals surface area (Å²) < 4.78 is 5.31. The van der Waals surface area contributed by atoms with Crippen molar-refractivity contribution < 1.29 is 19.1 Å². The van der Waals surface area contributed by atoms with Crippen LogP contribution in [0.15, 0.2) is 55.1 Å². The van der Waals surface area contributed by atoms with Gasteiger partial charge in [-0.3, -0.25) is 9.59 Å². The van der Waals surface area contributed by atoms with Gasteiger partial charge in [0.1, 0.15) is 11.6 Å². The van der Waals surface area contributed by atoms with Gasteiger partial charge in [-0.1, -0.05) is 48.5 Å². The molecule has 0 fully saturated rings. The van der Waals surface area contributed by atoms with E-state index in [0.29, 0.717) is 12.8 Å². The van der Waals surface area contributed by atoms with Crippen LogP contribution < -0.4 is 10.6 Å². The van der Waals surface area contributed by atoms with Gasteiger partial charge in [0.25, 0.3) is 0 Å². The van der Waals surface area contributed by atoms with Crippen LogP contribution in [0.2, 0.25) is 0 Å². The highest BCUT2D eigenvalue weighted by atomic mass is 16.6. The maximum atomic E-state index is 12.8. The summed E-state index contributed by atoms with van der Waals surface area (Å²) in [6.45, 7) is 8.76. The summed E-state index contributed by atoms with van der Waals surface area (Å²) in [6, 6.07) is 12.8. The van der Waals surface area contributed by atoms with Crippen molar-refractivity contribution in [1.29, 1.82) is 0 Å². The smallest absolute Gasteiger partial charge is 0.408 e. The van der Waals surface area contributed by atoms with Gasteiger partial charge in [0.05, 0.1) is 6.54 Å². The van der Waals surface area contributed by atoms with E-state index in [9.17, 15) is 14.4 Å². The van der Waals surface area contributed by atoms with E-state index < -0.39 is 23.6 Å². The summed E-state index contributed by atoms with van der Waals surface area (Å²) in [4.78, 5) is 37.0. The lowest BCUT2D eigenvalue weighted by atomic mass is 9.98. The van der Waals surface area contributed by atoms with Crippen LogP contribution in [0.25, 0.3) is 10.8 Å². The average Bonchev–Trinajstić information content (AvgIpc) is 2.68. The highest BCUT2D eigenvalue weighted by Gasteiger charge is 2.25. The zero-order chi connectivity index (χ0) is 22.1. The molecule has 0 radical (unpaired) electrons. The van der Waals surface area contributed by atoms with Crippen molar-refractivity contribution in [2.45, 2.75) is 51.7 Å². The zero-order valence-corrected chi connectivity index (χ0v) is 17.9. The molecule has 0 saturated heterocycles. The molecule has 2 rings (SSSR count). The van der Waals surface area contributed by atoms with Crippen LogP contribution in [0.3, 0.4) is 0 Å². The first-order chi connectivity index (χ1) is 14.2. The Bertz CT molecular complexity index is 910. The van der Waals surface area contributed by atoms with Gasteiger partial charge in [0.2, 0.25) is 5.91 Å². The van der Waals surface area contributed by atoms with E-state index in [4.69, 9.17) is 4.74 Å². The SMILES string of the molecule is C=CCCC(=O)CNC(=O)[C@H](Cc1cccc2ccccc12)NC(=O)OC(C)(C)C. The molecule has 0 bridgehead atoms. The number of ketones is 1. The fourth-order valence-corrected chi connectivity index (χ4v) is 3.01. The largest absolute Gasteiger partial charge is 0.444 e. The number of amides is 2. The van der Waals surface area contributed by atoms with Crippen LogP contribution in [-0.4, -0.2) is 36.0 Å². The van der Waals surface area contributed by atoms with E-state index >= 15 is 0 Å². The van der Waals surface area contributed by atoms with Gasteiger partial charge >= 0.3 is 6.09 Å². The van der Waals surface area contributed by atoms with Gasteiger partial charge in [-0.25, -0.2) is 4.79 Å². The van der Waals surface area contributed by atoms with E-state index in [2.05, 4.69) is 17.2 Å². The lowest BCUT2D eigenvalue weighted by Crippen LogP contribution is -2.50. The fourth-order valence-electron chi connectivity index (χ4n) is 3.01. The summed E-state index contributed by atoms with van der Waals surface area (Å²) in [5, 5.41) is 7.34. The first kappa shape index (κ1) is 23.1. The van der Waals surface area contributed by atoms with Gasteiger partial charge in [0, 0.05) is 12.8 Å². The first-order valence-corrected chi connectivity index (χ1v) is 10.1. The lowest BCUT2D eigenvalue weighted by molar-refractivity contribution is -0.126. The quantitative estimate of drug-likeness (QED) is 0.614. The second-order valence-corrected chi connectivity index (χ2v) is 8.13. The molecule has 0 aliphatic rings. The molecule has 0 saturated carbocycles. The number of allylic oxidation sites excluding steroid dienone is 1. The Kier molecular flexibility index (Phi) is 8.16. The number of benzene rings is 2. The first-order valence-electron chi connectivity index (χ1n) is 10.1. The molecule has 0 heterocycles. The zero-order valence-electron chi connectivity index (χ0n) is 17.9. The summed E-state index contributed by atoms with van der Waals surface area (Å²) >= 11 is 0. The number of alkyl carbamates (subject to hydrolysis) is 1. The van der Waals surface area contributed by atoms with E-state index in [1.807, 2.05) is 42.5 Å². The molecule has 6 heteroatoms. The number of fused-ring (bicyclic) bond motifs is 1. The van der Waals surface area contributed by atoms with Crippen molar-refractivity contribution in [3.8, 4) is 0 Å². The molecule has 0 aliphatic carbocycles. The lowest BCUT2D eigenvalue weighted by Gasteiger charge is -2.23. The third kappa shape index (κ3) is 7.35. The third-order valence-corrected chi connectivity index (χ3v) is 4.40. The minimum absolute atomic E-state index is 0.0886. The van der Waals surface area contributed by atoms with Crippen molar-refractivity contribution in [1.82, 2.24) is 10.6 Å². The van der Waals surface area contributed by atoms with E-state index in [1.165, 1.54) is 0 Å². The van der Waals surface area contributed by atoms with Gasteiger partial charge in [0.15, 0.2) is 5.78 Å². The molecule has 1 atom stereocenters. The monoisotopic (exact) mass is 410 g/mol. The van der Waals surface area contributed by atoms with Crippen LogP contribution in [0.4, 0.5) is 4.79 Å². The van der Waals surface area contributed by atoms with Crippen LogP contribution in [0, 0.1) is 0 Å². The second kappa shape index (κ2) is 10.6. The molecule has 0 aromatic heterocycles. The molecule has 0 unspecified atom stereocenters. The number of carbonyl (C=O) groups excluding carboxylic acids is 3. The molecule has 160 valence electrons. The Morgan fingerprint density at radius 1 is 1.10 bits per heavy atom. The van der Waals surface area contributed by atoms with Crippen LogP contribution in [-0.2, 0) is 20.7 Å². The second-order valence-electron chi connectivity index (χ2n) is 8.13. The minimum atomic E-state index is -0.877.